The van der Waals surface area contributed by atoms with Crippen molar-refractivity contribution in [2.45, 2.75) is 26.6 Å². The highest BCUT2D eigenvalue weighted by atomic mass is 19.4. The standard InChI is InChI=1S/C18H17F3N6O2/c1-11-6-4-8-15(27-17(28)26(3)24-25-27)13(11)10-29-23-12(2)14-7-5-9-16(22-14)18(19,20)21/h4-9H,10H2,1-3H3/b23-12-. The average Bonchev–Trinajstić information content (AvgIpc) is 3.01. The van der Waals surface area contributed by atoms with Crippen LogP contribution in [0.15, 0.2) is 46.3 Å². The molecule has 0 bridgehead atoms. The van der Waals surface area contributed by atoms with E-state index in [2.05, 4.69) is 20.6 Å². The van der Waals surface area contributed by atoms with Crippen LogP contribution in [0.5, 0.6) is 0 Å². The number of aromatic nitrogens is 5. The van der Waals surface area contributed by atoms with Crippen LogP contribution in [-0.2, 0) is 24.7 Å². The number of alkyl halides is 3. The van der Waals surface area contributed by atoms with Crippen molar-refractivity contribution >= 4 is 5.71 Å². The summed E-state index contributed by atoms with van der Waals surface area (Å²) in [4.78, 5) is 21.1. The van der Waals surface area contributed by atoms with Crippen molar-refractivity contribution < 1.29 is 18.0 Å². The van der Waals surface area contributed by atoms with Gasteiger partial charge in [-0.1, -0.05) is 23.4 Å². The molecule has 0 aliphatic carbocycles. The number of pyridine rings is 1. The first-order valence-corrected chi connectivity index (χ1v) is 8.47. The Balaban J connectivity index is 1.84. The van der Waals surface area contributed by atoms with Crippen molar-refractivity contribution in [3.8, 4) is 5.69 Å². The second kappa shape index (κ2) is 7.86. The maximum atomic E-state index is 12.8. The molecular weight excluding hydrogens is 389 g/mol. The van der Waals surface area contributed by atoms with E-state index in [1.165, 1.54) is 26.1 Å². The van der Waals surface area contributed by atoms with Crippen LogP contribution in [0, 0.1) is 6.92 Å². The topological polar surface area (TPSA) is 87.2 Å². The molecule has 0 saturated heterocycles. The third kappa shape index (κ3) is 4.33. The molecule has 2 aromatic heterocycles. The predicted octanol–water partition coefficient (Wildman–Crippen LogP) is 2.63. The van der Waals surface area contributed by atoms with Gasteiger partial charge in [0.05, 0.1) is 11.4 Å². The van der Waals surface area contributed by atoms with Crippen molar-refractivity contribution in [2.24, 2.45) is 12.2 Å². The van der Waals surface area contributed by atoms with E-state index in [-0.39, 0.29) is 18.0 Å². The molecule has 8 nitrogen and oxygen atoms in total. The van der Waals surface area contributed by atoms with E-state index in [9.17, 15) is 18.0 Å². The summed E-state index contributed by atoms with van der Waals surface area (Å²) in [5.74, 6) is 0. The Morgan fingerprint density at radius 1 is 1.17 bits per heavy atom. The molecule has 11 heteroatoms. The number of hydrogen-bond donors (Lipinski definition) is 0. The molecule has 0 radical (unpaired) electrons. The van der Waals surface area contributed by atoms with Crippen LogP contribution in [0.3, 0.4) is 0 Å². The third-order valence-corrected chi connectivity index (χ3v) is 4.16. The Bertz CT molecular complexity index is 1120. The molecule has 3 aromatic rings. The molecule has 0 amide bonds. The van der Waals surface area contributed by atoms with Gasteiger partial charge in [-0.05, 0) is 48.0 Å². The highest BCUT2D eigenvalue weighted by molar-refractivity contribution is 5.96. The average molecular weight is 406 g/mol. The van der Waals surface area contributed by atoms with Crippen molar-refractivity contribution in [3.63, 3.8) is 0 Å². The van der Waals surface area contributed by atoms with E-state index < -0.39 is 17.6 Å². The molecule has 152 valence electrons. The zero-order chi connectivity index (χ0) is 21.2. The third-order valence-electron chi connectivity index (χ3n) is 4.16. The first-order valence-electron chi connectivity index (χ1n) is 8.47. The maximum Gasteiger partial charge on any atom is 0.433 e. The lowest BCUT2D eigenvalue weighted by atomic mass is 10.1. The summed E-state index contributed by atoms with van der Waals surface area (Å²) in [7, 11) is 1.48. The Morgan fingerprint density at radius 3 is 2.55 bits per heavy atom. The van der Waals surface area contributed by atoms with E-state index >= 15 is 0 Å². The molecule has 1 aromatic carbocycles. The maximum absolute atomic E-state index is 12.8. The highest BCUT2D eigenvalue weighted by Gasteiger charge is 2.32. The second-order valence-corrected chi connectivity index (χ2v) is 6.23. The smallest absolute Gasteiger partial charge is 0.391 e. The normalized spacial score (nSPS) is 12.3. The SMILES string of the molecule is C/C(=N/OCc1c(C)cccc1-n1nnn(C)c1=O)c1cccc(C(F)(F)F)n1. The number of hydrogen-bond acceptors (Lipinski definition) is 6. The van der Waals surface area contributed by atoms with Gasteiger partial charge < -0.3 is 4.84 Å². The van der Waals surface area contributed by atoms with Gasteiger partial charge in [-0.25, -0.2) is 9.78 Å². The predicted molar refractivity (Wildman–Crippen MR) is 97.6 cm³/mol. The lowest BCUT2D eigenvalue weighted by Gasteiger charge is -2.11. The van der Waals surface area contributed by atoms with Gasteiger partial charge in [-0.15, -0.1) is 0 Å². The van der Waals surface area contributed by atoms with Gasteiger partial charge >= 0.3 is 11.9 Å². The number of nitrogens with zero attached hydrogens (tertiary/aromatic N) is 6. The Labute approximate surface area is 163 Å². The van der Waals surface area contributed by atoms with Crippen molar-refractivity contribution in [3.05, 3.63) is 69.4 Å². The van der Waals surface area contributed by atoms with Crippen molar-refractivity contribution in [2.75, 3.05) is 0 Å². The summed E-state index contributed by atoms with van der Waals surface area (Å²) in [6.45, 7) is 3.30. The van der Waals surface area contributed by atoms with Gasteiger partial charge in [0.1, 0.15) is 18.0 Å². The van der Waals surface area contributed by atoms with Crippen LogP contribution in [0.4, 0.5) is 13.2 Å². The minimum Gasteiger partial charge on any atom is -0.391 e. The van der Waals surface area contributed by atoms with Crippen LogP contribution in [-0.4, -0.2) is 30.5 Å². The molecule has 0 aliphatic rings. The summed E-state index contributed by atoms with van der Waals surface area (Å²) in [6, 6.07) is 8.83. The molecule has 0 spiro atoms. The number of aryl methyl sites for hydroxylation is 2. The zero-order valence-electron chi connectivity index (χ0n) is 15.8. The highest BCUT2D eigenvalue weighted by Crippen LogP contribution is 2.27. The Kier molecular flexibility index (Phi) is 5.48. The fraction of sp³-hybridized carbons (Fsp3) is 0.278. The van der Waals surface area contributed by atoms with E-state index in [4.69, 9.17) is 4.84 Å². The summed E-state index contributed by atoms with van der Waals surface area (Å²) >= 11 is 0. The lowest BCUT2D eigenvalue weighted by Crippen LogP contribution is -2.23. The minimum absolute atomic E-state index is 0.0265. The van der Waals surface area contributed by atoms with Crippen LogP contribution in [0.25, 0.3) is 5.69 Å². The van der Waals surface area contributed by atoms with Crippen LogP contribution in [0.2, 0.25) is 0 Å². The van der Waals surface area contributed by atoms with Crippen molar-refractivity contribution in [1.82, 2.24) is 24.8 Å². The molecule has 0 atom stereocenters. The number of tetrazole rings is 1. The summed E-state index contributed by atoms with van der Waals surface area (Å²) in [5, 5.41) is 11.4. The zero-order valence-corrected chi connectivity index (χ0v) is 15.8. The summed E-state index contributed by atoms with van der Waals surface area (Å²) in [6.07, 6.45) is -4.54. The van der Waals surface area contributed by atoms with Gasteiger partial charge in [0.2, 0.25) is 0 Å². The largest absolute Gasteiger partial charge is 0.433 e. The molecular formula is C18H17F3N6O2. The number of oxime groups is 1. The van der Waals surface area contributed by atoms with Gasteiger partial charge in [0, 0.05) is 12.6 Å². The van der Waals surface area contributed by atoms with Gasteiger partial charge in [-0.3, -0.25) is 0 Å². The molecule has 0 fully saturated rings. The first-order chi connectivity index (χ1) is 13.7. The number of rotatable bonds is 5. The number of halogens is 3. The first kappa shape index (κ1) is 20.2. The molecule has 0 saturated carbocycles. The fourth-order valence-corrected chi connectivity index (χ4v) is 2.57. The van der Waals surface area contributed by atoms with Crippen LogP contribution in [0.1, 0.15) is 29.4 Å². The van der Waals surface area contributed by atoms with Crippen molar-refractivity contribution in [1.29, 1.82) is 0 Å². The van der Waals surface area contributed by atoms with E-state index in [1.54, 1.807) is 12.1 Å². The summed E-state index contributed by atoms with van der Waals surface area (Å²) < 4.78 is 40.7. The molecule has 29 heavy (non-hydrogen) atoms. The lowest BCUT2D eigenvalue weighted by molar-refractivity contribution is -0.141. The summed E-state index contributed by atoms with van der Waals surface area (Å²) in [5.41, 5.74) is 0.747. The van der Waals surface area contributed by atoms with E-state index in [0.29, 0.717) is 11.3 Å². The quantitative estimate of drug-likeness (QED) is 0.480. The van der Waals surface area contributed by atoms with E-state index in [1.807, 2.05) is 13.0 Å². The molecule has 2 heterocycles. The second-order valence-electron chi connectivity index (χ2n) is 6.23. The molecule has 0 aliphatic heterocycles. The Morgan fingerprint density at radius 2 is 1.90 bits per heavy atom. The van der Waals surface area contributed by atoms with Gasteiger partial charge in [0.25, 0.3) is 0 Å². The van der Waals surface area contributed by atoms with E-state index in [0.717, 1.165) is 21.0 Å². The molecule has 3 rings (SSSR count). The Hall–Kier alpha value is -3.50. The monoisotopic (exact) mass is 406 g/mol. The van der Waals surface area contributed by atoms with Gasteiger partial charge in [-0.2, -0.15) is 22.5 Å². The number of benzene rings is 1. The van der Waals surface area contributed by atoms with Crippen LogP contribution >= 0.6 is 0 Å². The fourth-order valence-electron chi connectivity index (χ4n) is 2.57. The molecule has 0 unspecified atom stereocenters. The van der Waals surface area contributed by atoms with Gasteiger partial charge in [0.15, 0.2) is 0 Å². The minimum atomic E-state index is -4.54. The molecule has 0 N–H and O–H groups in total. The van der Waals surface area contributed by atoms with Crippen LogP contribution < -0.4 is 5.69 Å².